The number of pyridine rings is 1. The van der Waals surface area contributed by atoms with E-state index < -0.39 is 42.2 Å². The van der Waals surface area contributed by atoms with E-state index in [1.54, 1.807) is 23.0 Å². The molecule has 18 heteroatoms. The summed E-state index contributed by atoms with van der Waals surface area (Å²) in [5.74, 6) is 7.18. The topological polar surface area (TPSA) is 186 Å². The van der Waals surface area contributed by atoms with Gasteiger partial charge in [0.2, 0.25) is 17.7 Å². The standard InChI is InChI=1S/C47H53F2N9O7/c48-43(49)42-36(52-44(60)37-28-64-46(53-37)33-17-18-50-40(23-33)51-24-31-9-10-31)26-58(55-42)34-13-11-29(12-14-34)4-2-8-35-25-56(20-21-63-35)19-3-6-30-5-1-7-32(22-30)39-27-57(47(62)65-39)38-15-16-41(59)54-45(38)61/h1,5,7,17-18,22-23,26,28-29,31,34-35,38-39,43H,2,4,8-16,19-21,24-25,27H2,(H,50,51)(H,52,60)(H,54,59,61)/t29?,34?,35-,38?,39+/m0/s1. The van der Waals surface area contributed by atoms with Gasteiger partial charge in [-0.2, -0.15) is 5.10 Å². The minimum atomic E-state index is -2.87. The second-order valence-corrected chi connectivity index (χ2v) is 17.7. The van der Waals surface area contributed by atoms with Gasteiger partial charge >= 0.3 is 6.09 Å². The minimum absolute atomic E-state index is 0.0313. The van der Waals surface area contributed by atoms with Crippen LogP contribution in [0.15, 0.2) is 59.5 Å². The van der Waals surface area contributed by atoms with E-state index in [2.05, 4.69) is 47.8 Å². The number of piperidine rings is 1. The summed E-state index contributed by atoms with van der Waals surface area (Å²) in [5, 5.41) is 12.4. The maximum atomic E-state index is 14.2. The number of carbonyl (C=O) groups excluding carboxylic acids is 4. The number of rotatable bonds is 15. The Bertz CT molecular complexity index is 2440. The largest absolute Gasteiger partial charge is 0.444 e. The molecule has 16 nitrogen and oxygen atoms in total. The van der Waals surface area contributed by atoms with Crippen molar-refractivity contribution in [2.45, 2.75) is 101 Å². The van der Waals surface area contributed by atoms with Gasteiger partial charge in [-0.05, 0) is 93.0 Å². The lowest BCUT2D eigenvalue weighted by Gasteiger charge is -2.32. The van der Waals surface area contributed by atoms with E-state index in [4.69, 9.17) is 13.9 Å². The van der Waals surface area contributed by atoms with Gasteiger partial charge in [-0.3, -0.25) is 34.2 Å². The summed E-state index contributed by atoms with van der Waals surface area (Å²) in [6.45, 7) is 3.88. The average molecular weight is 894 g/mol. The van der Waals surface area contributed by atoms with Gasteiger partial charge in [0.25, 0.3) is 12.3 Å². The molecule has 0 bridgehead atoms. The number of nitrogens with one attached hydrogen (secondary N) is 3. The number of nitrogens with zero attached hydrogens (tertiary/aromatic N) is 6. The third-order valence-corrected chi connectivity index (χ3v) is 13.0. The SMILES string of the molecule is O=C1CCC(N2C[C@H](c3cccc(C#CCN4CCO[C@@H](CCCC5CCC(n6cc(NC(=O)c7coc(-c8ccnc(NCC9CC9)c8)n7)c(C(F)F)n6)CC5)C4)c3)OC2=O)C(=O)N1. The predicted octanol–water partition coefficient (Wildman–Crippen LogP) is 6.90. The first-order chi connectivity index (χ1) is 31.6. The van der Waals surface area contributed by atoms with Crippen LogP contribution in [-0.4, -0.2) is 105 Å². The molecule has 1 aromatic carbocycles. The van der Waals surface area contributed by atoms with Crippen LogP contribution in [0.2, 0.25) is 0 Å². The van der Waals surface area contributed by atoms with E-state index in [9.17, 15) is 28.0 Å². The second kappa shape index (κ2) is 19.9. The second-order valence-electron chi connectivity index (χ2n) is 17.7. The van der Waals surface area contributed by atoms with E-state index in [-0.39, 0.29) is 54.7 Å². The third kappa shape index (κ3) is 11.0. The van der Waals surface area contributed by atoms with Crippen LogP contribution in [0.25, 0.3) is 11.5 Å². The molecule has 5 fully saturated rings. The van der Waals surface area contributed by atoms with E-state index in [0.717, 1.165) is 75.7 Å². The number of amides is 4. The van der Waals surface area contributed by atoms with Gasteiger partial charge in [-0.15, -0.1) is 0 Å². The van der Waals surface area contributed by atoms with Gasteiger partial charge < -0.3 is 24.5 Å². The van der Waals surface area contributed by atoms with Crippen molar-refractivity contribution in [2.75, 3.05) is 50.0 Å². The number of imide groups is 1. The van der Waals surface area contributed by atoms with E-state index >= 15 is 0 Å². The Kier molecular flexibility index (Phi) is 13.5. The highest BCUT2D eigenvalue weighted by atomic mass is 19.3. The van der Waals surface area contributed by atoms with E-state index in [1.165, 1.54) is 30.2 Å². The van der Waals surface area contributed by atoms with Gasteiger partial charge in [0.15, 0.2) is 11.4 Å². The zero-order valence-electron chi connectivity index (χ0n) is 36.1. The maximum Gasteiger partial charge on any atom is 0.411 e. The van der Waals surface area contributed by atoms with Gasteiger partial charge in [0, 0.05) is 49.6 Å². The van der Waals surface area contributed by atoms with E-state index in [0.29, 0.717) is 36.4 Å². The zero-order chi connectivity index (χ0) is 44.9. The molecular formula is C47H53F2N9O7. The van der Waals surface area contributed by atoms with Crippen LogP contribution in [0.4, 0.5) is 25.1 Å². The number of cyclic esters (lactones) is 1. The quantitative estimate of drug-likeness (QED) is 0.0830. The molecule has 2 saturated carbocycles. The van der Waals surface area contributed by atoms with Crippen LogP contribution >= 0.6 is 0 Å². The lowest BCUT2D eigenvalue weighted by Crippen LogP contribution is -2.52. The number of hydrogen-bond acceptors (Lipinski definition) is 12. The summed E-state index contributed by atoms with van der Waals surface area (Å²) < 4.78 is 47.3. The number of halogens is 2. The van der Waals surface area contributed by atoms with Crippen molar-refractivity contribution in [3.05, 3.63) is 77.6 Å². The number of benzene rings is 1. The summed E-state index contributed by atoms with van der Waals surface area (Å²) in [6, 6.07) is 10.3. The number of carbonyl (C=O) groups is 4. The molecule has 3 atom stereocenters. The fraction of sp³-hybridized carbons (Fsp3) is 0.511. The Morgan fingerprint density at radius 1 is 1.00 bits per heavy atom. The number of oxazole rings is 1. The first-order valence-electron chi connectivity index (χ1n) is 22.7. The number of anilines is 2. The summed E-state index contributed by atoms with van der Waals surface area (Å²) in [5.41, 5.74) is 1.70. The first-order valence-corrected chi connectivity index (χ1v) is 22.7. The van der Waals surface area contributed by atoms with Crippen LogP contribution in [0.5, 0.6) is 0 Å². The van der Waals surface area contributed by atoms with Crippen LogP contribution in [0, 0.1) is 23.7 Å². The fourth-order valence-corrected chi connectivity index (χ4v) is 9.17. The molecule has 1 unspecified atom stereocenters. The van der Waals surface area contributed by atoms with Crippen LogP contribution < -0.4 is 16.0 Å². The summed E-state index contributed by atoms with van der Waals surface area (Å²) in [6.07, 6.45) is 9.94. The van der Waals surface area contributed by atoms with Gasteiger partial charge in [0.05, 0.1) is 37.5 Å². The summed E-state index contributed by atoms with van der Waals surface area (Å²) in [4.78, 5) is 62.1. The Balaban J connectivity index is 0.703. The molecule has 6 heterocycles. The molecule has 0 radical (unpaired) electrons. The van der Waals surface area contributed by atoms with Crippen molar-refractivity contribution in [1.29, 1.82) is 0 Å². The molecule has 9 rings (SSSR count). The van der Waals surface area contributed by atoms with Gasteiger partial charge in [-0.1, -0.05) is 36.8 Å². The molecule has 4 aromatic rings. The van der Waals surface area contributed by atoms with Crippen molar-refractivity contribution >= 4 is 35.3 Å². The van der Waals surface area contributed by atoms with Gasteiger partial charge in [-0.25, -0.2) is 23.5 Å². The minimum Gasteiger partial charge on any atom is -0.444 e. The summed E-state index contributed by atoms with van der Waals surface area (Å²) in [7, 11) is 0. The number of ether oxygens (including phenoxy) is 2. The fourth-order valence-electron chi connectivity index (χ4n) is 9.17. The maximum absolute atomic E-state index is 14.2. The van der Waals surface area contributed by atoms with Crippen molar-refractivity contribution in [3.63, 3.8) is 0 Å². The number of aromatic nitrogens is 4. The Morgan fingerprint density at radius 2 is 1.85 bits per heavy atom. The van der Waals surface area contributed by atoms with Crippen molar-refractivity contribution < 1.29 is 41.8 Å². The third-order valence-electron chi connectivity index (χ3n) is 13.0. The molecule has 3 aromatic heterocycles. The Hall–Kier alpha value is -6.19. The highest BCUT2D eigenvalue weighted by molar-refractivity contribution is 6.03. The lowest BCUT2D eigenvalue weighted by atomic mass is 9.83. The smallest absolute Gasteiger partial charge is 0.411 e. The molecule has 5 aliphatic rings. The van der Waals surface area contributed by atoms with Crippen molar-refractivity contribution in [3.8, 4) is 23.3 Å². The molecular weight excluding hydrogens is 841 g/mol. The molecule has 3 saturated heterocycles. The molecule has 0 spiro atoms. The van der Waals surface area contributed by atoms with Crippen LogP contribution in [-0.2, 0) is 19.1 Å². The highest BCUT2D eigenvalue weighted by Gasteiger charge is 2.42. The molecule has 3 aliphatic heterocycles. The normalized spacial score (nSPS) is 23.8. The van der Waals surface area contributed by atoms with Crippen molar-refractivity contribution in [2.24, 2.45) is 11.8 Å². The van der Waals surface area contributed by atoms with Crippen LogP contribution in [0.1, 0.15) is 117 Å². The first kappa shape index (κ1) is 44.0. The van der Waals surface area contributed by atoms with Crippen molar-refractivity contribution in [1.82, 2.24) is 34.9 Å². The lowest BCUT2D eigenvalue weighted by molar-refractivity contribution is -0.136. The van der Waals surface area contributed by atoms with Crippen LogP contribution in [0.3, 0.4) is 0 Å². The van der Waals surface area contributed by atoms with E-state index in [1.807, 2.05) is 24.3 Å². The Labute approximate surface area is 375 Å². The molecule has 2 aliphatic carbocycles. The zero-order valence-corrected chi connectivity index (χ0v) is 36.1. The average Bonchev–Trinajstić information content (AvgIpc) is 3.62. The predicted molar refractivity (Wildman–Crippen MR) is 233 cm³/mol. The number of hydrogen-bond donors (Lipinski definition) is 3. The Morgan fingerprint density at radius 3 is 2.66 bits per heavy atom. The molecule has 4 amide bonds. The molecule has 342 valence electrons. The molecule has 65 heavy (non-hydrogen) atoms. The highest BCUT2D eigenvalue weighted by Crippen LogP contribution is 2.37. The van der Waals surface area contributed by atoms with Gasteiger partial charge in [0.1, 0.15) is 24.2 Å². The molecule has 3 N–H and O–H groups in total. The number of morpholine rings is 1. The number of alkyl halides is 2. The summed E-state index contributed by atoms with van der Waals surface area (Å²) >= 11 is 0. The monoisotopic (exact) mass is 893 g/mol.